The third kappa shape index (κ3) is 7.75. The number of hydrogen-bond acceptors (Lipinski definition) is 5. The molecular weight excluding hydrogens is 543 g/mol. The summed E-state index contributed by atoms with van der Waals surface area (Å²) in [5.41, 5.74) is 2.54. The first-order valence-electron chi connectivity index (χ1n) is 14.9. The van der Waals surface area contributed by atoms with Crippen molar-refractivity contribution in [2.45, 2.75) is 85.0 Å². The molecule has 1 aliphatic heterocycles. The molecule has 2 atom stereocenters. The van der Waals surface area contributed by atoms with Crippen LogP contribution in [0.25, 0.3) is 5.57 Å². The van der Waals surface area contributed by atoms with Gasteiger partial charge in [0.1, 0.15) is 29.7 Å². The smallest absolute Gasteiger partial charge is 0.332 e. The van der Waals surface area contributed by atoms with Gasteiger partial charge in [-0.3, -0.25) is 4.90 Å². The van der Waals surface area contributed by atoms with Crippen LogP contribution in [0.5, 0.6) is 5.75 Å². The number of fused-ring (bicyclic) bond motifs is 2. The summed E-state index contributed by atoms with van der Waals surface area (Å²) >= 11 is 0. The molecule has 230 valence electrons. The highest BCUT2D eigenvalue weighted by atomic mass is 19.1. The maximum Gasteiger partial charge on any atom is 0.332 e. The molecule has 1 aliphatic carbocycles. The average molecular weight is 588 g/mol. The van der Waals surface area contributed by atoms with E-state index >= 15 is 13.2 Å². The zero-order valence-corrected chi connectivity index (χ0v) is 25.7. The molecule has 0 saturated heterocycles. The molecule has 0 saturated carbocycles. The van der Waals surface area contributed by atoms with Gasteiger partial charge in [0.2, 0.25) is 0 Å². The Morgan fingerprint density at radius 2 is 1.71 bits per heavy atom. The molecule has 0 radical (unpaired) electrons. The third-order valence-corrected chi connectivity index (χ3v) is 8.22. The molecular formula is C34H44F3NO4. The van der Waals surface area contributed by atoms with Gasteiger partial charge in [-0.05, 0) is 81.1 Å². The zero-order valence-electron chi connectivity index (χ0n) is 25.7. The topological polar surface area (TPSA) is 48.0 Å². The molecule has 0 aromatic heterocycles. The molecule has 0 spiro atoms. The Bertz CT molecular complexity index is 1280. The lowest BCUT2D eigenvalue weighted by Gasteiger charge is -2.44. The highest BCUT2D eigenvalue weighted by Gasteiger charge is 2.43. The Kier molecular flexibility index (Phi) is 10.1. The van der Waals surface area contributed by atoms with Crippen LogP contribution in [0.4, 0.5) is 13.2 Å². The second kappa shape index (κ2) is 13.2. The maximum atomic E-state index is 15.9. The highest BCUT2D eigenvalue weighted by Crippen LogP contribution is 2.50. The van der Waals surface area contributed by atoms with Gasteiger partial charge in [0.05, 0.1) is 19.3 Å². The van der Waals surface area contributed by atoms with Gasteiger partial charge in [-0.15, -0.1) is 0 Å². The summed E-state index contributed by atoms with van der Waals surface area (Å²) in [4.78, 5) is 13.3. The van der Waals surface area contributed by atoms with Crippen LogP contribution in [0.2, 0.25) is 0 Å². The molecule has 0 unspecified atom stereocenters. The van der Waals surface area contributed by atoms with Crippen LogP contribution in [0, 0.1) is 17.0 Å². The van der Waals surface area contributed by atoms with Crippen LogP contribution in [-0.4, -0.2) is 55.6 Å². The van der Waals surface area contributed by atoms with E-state index in [0.717, 1.165) is 22.3 Å². The predicted octanol–water partition coefficient (Wildman–Crippen LogP) is 7.62. The molecule has 42 heavy (non-hydrogen) atoms. The number of halogens is 3. The quantitative estimate of drug-likeness (QED) is 0.178. The molecule has 8 heteroatoms. The molecule has 0 bridgehead atoms. The first-order valence-corrected chi connectivity index (χ1v) is 14.9. The van der Waals surface area contributed by atoms with E-state index in [1.807, 2.05) is 37.8 Å². The Hall–Kier alpha value is -2.84. The number of carbonyl (C=O) groups excluding carboxylic acids is 1. The van der Waals surface area contributed by atoms with Gasteiger partial charge in [-0.1, -0.05) is 38.1 Å². The van der Waals surface area contributed by atoms with E-state index in [0.29, 0.717) is 38.9 Å². The molecule has 0 N–H and O–H groups in total. The number of ether oxygens (including phenoxy) is 3. The summed E-state index contributed by atoms with van der Waals surface area (Å²) in [6.07, 6.45) is 2.58. The number of hydrogen-bond donors (Lipinski definition) is 0. The number of nitrogens with zero attached hydrogens (tertiary/aromatic N) is 1. The minimum atomic E-state index is -1.54. The average Bonchev–Trinajstić information content (AvgIpc) is 3.25. The fraction of sp³-hybridized carbons (Fsp3) is 0.559. The van der Waals surface area contributed by atoms with Crippen molar-refractivity contribution >= 4 is 11.5 Å². The molecule has 0 amide bonds. The number of benzene rings is 2. The summed E-state index contributed by atoms with van der Waals surface area (Å²) in [7, 11) is 0. The minimum absolute atomic E-state index is 0.0572. The largest absolute Gasteiger partial charge is 0.493 e. The third-order valence-electron chi connectivity index (χ3n) is 8.22. The molecule has 2 aromatic carbocycles. The lowest BCUT2D eigenvalue weighted by atomic mass is 9.84. The van der Waals surface area contributed by atoms with Crippen LogP contribution in [0.15, 0.2) is 42.0 Å². The normalized spacial score (nSPS) is 19.1. The molecule has 4 rings (SSSR count). The van der Waals surface area contributed by atoms with Gasteiger partial charge in [-0.25, -0.2) is 18.0 Å². The van der Waals surface area contributed by atoms with E-state index in [1.165, 1.54) is 26.0 Å². The molecule has 2 aliphatic rings. The molecule has 2 aromatic rings. The van der Waals surface area contributed by atoms with E-state index in [1.54, 1.807) is 6.92 Å². The lowest BCUT2D eigenvalue weighted by molar-refractivity contribution is -0.148. The van der Waals surface area contributed by atoms with Crippen molar-refractivity contribution in [1.29, 1.82) is 0 Å². The van der Waals surface area contributed by atoms with Crippen molar-refractivity contribution in [2.75, 3.05) is 33.0 Å². The Morgan fingerprint density at radius 1 is 1.05 bits per heavy atom. The van der Waals surface area contributed by atoms with E-state index in [-0.39, 0.29) is 42.5 Å². The summed E-state index contributed by atoms with van der Waals surface area (Å²) in [6, 6.07) is 9.74. The van der Waals surface area contributed by atoms with Gasteiger partial charge in [0.25, 0.3) is 0 Å². The standard InChI is InChI=1S/C34H44F3NO4/c1-7-41-30(39)20-40-14-12-33(3,4)13-15-42-24-18-28(35)31(29(36)19-24)32-27-17-23-10-8-9-11-25(23)26(27)16-22(2)38(32)21-34(5,6)37/h8-11,18-19,22,32H,7,12-17,20-21H2,1-6H3/t22-,32+/m1/s1. The summed E-state index contributed by atoms with van der Waals surface area (Å²) < 4.78 is 62.8. The number of alkyl halides is 1. The minimum Gasteiger partial charge on any atom is -0.493 e. The van der Waals surface area contributed by atoms with Crippen molar-refractivity contribution < 1.29 is 32.2 Å². The zero-order chi connectivity index (χ0) is 30.7. The first kappa shape index (κ1) is 32.1. The Labute approximate surface area is 248 Å². The van der Waals surface area contributed by atoms with Crippen molar-refractivity contribution in [3.63, 3.8) is 0 Å². The molecule has 5 nitrogen and oxygen atoms in total. The SMILES string of the molecule is CCOC(=O)COCCC(C)(C)CCOc1cc(F)c([C@@H]2C3=C(C[C@@H](C)N2CC(C)(C)F)c2ccccc2C3)c(F)c1. The Balaban J connectivity index is 1.49. The van der Waals surface area contributed by atoms with Gasteiger partial charge >= 0.3 is 5.97 Å². The van der Waals surface area contributed by atoms with Gasteiger partial charge in [-0.2, -0.15) is 0 Å². The van der Waals surface area contributed by atoms with Crippen LogP contribution in [0.3, 0.4) is 0 Å². The van der Waals surface area contributed by atoms with Gasteiger partial charge in [0.15, 0.2) is 0 Å². The van der Waals surface area contributed by atoms with Crippen molar-refractivity contribution in [1.82, 2.24) is 4.90 Å². The molecule has 1 heterocycles. The monoisotopic (exact) mass is 587 g/mol. The highest BCUT2D eigenvalue weighted by molar-refractivity contribution is 5.79. The maximum absolute atomic E-state index is 15.9. The summed E-state index contributed by atoms with van der Waals surface area (Å²) in [5, 5.41) is 0. The fourth-order valence-corrected chi connectivity index (χ4v) is 6.03. The van der Waals surface area contributed by atoms with E-state index < -0.39 is 29.3 Å². The van der Waals surface area contributed by atoms with Crippen LogP contribution < -0.4 is 4.74 Å². The lowest BCUT2D eigenvalue weighted by Crippen LogP contribution is -2.47. The van der Waals surface area contributed by atoms with Crippen LogP contribution in [0.1, 0.15) is 83.5 Å². The molecule has 0 fully saturated rings. The second-order valence-electron chi connectivity index (χ2n) is 12.9. The van der Waals surface area contributed by atoms with Crippen molar-refractivity contribution in [2.24, 2.45) is 5.41 Å². The van der Waals surface area contributed by atoms with Gasteiger partial charge in [0, 0.05) is 36.9 Å². The van der Waals surface area contributed by atoms with E-state index in [4.69, 9.17) is 14.2 Å². The number of carbonyl (C=O) groups is 1. The van der Waals surface area contributed by atoms with Crippen molar-refractivity contribution in [3.05, 3.63) is 70.3 Å². The van der Waals surface area contributed by atoms with Crippen molar-refractivity contribution in [3.8, 4) is 5.75 Å². The van der Waals surface area contributed by atoms with Gasteiger partial charge < -0.3 is 14.2 Å². The fourth-order valence-electron chi connectivity index (χ4n) is 6.03. The van der Waals surface area contributed by atoms with E-state index in [9.17, 15) is 4.79 Å². The van der Waals surface area contributed by atoms with E-state index in [2.05, 4.69) is 12.1 Å². The van der Waals surface area contributed by atoms with Crippen LogP contribution in [-0.2, 0) is 20.7 Å². The summed E-state index contributed by atoms with van der Waals surface area (Å²) in [6.45, 7) is 11.8. The second-order valence-corrected chi connectivity index (χ2v) is 12.9. The number of rotatable bonds is 13. The predicted molar refractivity (Wildman–Crippen MR) is 158 cm³/mol. The first-order chi connectivity index (χ1) is 19.8. The summed E-state index contributed by atoms with van der Waals surface area (Å²) in [5.74, 6) is -1.66. The Morgan fingerprint density at radius 3 is 2.38 bits per heavy atom. The van der Waals surface area contributed by atoms with Crippen LogP contribution >= 0.6 is 0 Å². The number of esters is 1.